The summed E-state index contributed by atoms with van der Waals surface area (Å²) in [4.78, 5) is 41.8. The Hall–Kier alpha value is -3.26. The number of thiophene rings is 1. The van der Waals surface area contributed by atoms with E-state index in [1.54, 1.807) is 24.3 Å². The van der Waals surface area contributed by atoms with E-state index in [0.717, 1.165) is 28.0 Å². The van der Waals surface area contributed by atoms with Crippen LogP contribution in [0.3, 0.4) is 0 Å². The zero-order valence-corrected chi connectivity index (χ0v) is 17.3. The molecule has 0 aliphatic carbocycles. The lowest BCUT2D eigenvalue weighted by atomic mass is 10.1. The van der Waals surface area contributed by atoms with Gasteiger partial charge in [-0.1, -0.05) is 12.1 Å². The van der Waals surface area contributed by atoms with E-state index >= 15 is 0 Å². The SMILES string of the molecule is CC(=O)c1cccc(NC(=O)C(C)OC(=O)c2sc3nc(C)cc(C)c3c2N)c1. The summed E-state index contributed by atoms with van der Waals surface area (Å²) < 4.78 is 5.31. The molecule has 1 amide bonds. The summed E-state index contributed by atoms with van der Waals surface area (Å²) >= 11 is 1.14. The molecule has 2 aromatic heterocycles. The van der Waals surface area contributed by atoms with E-state index in [1.165, 1.54) is 13.8 Å². The Bertz CT molecular complexity index is 1140. The number of anilines is 2. The maximum atomic E-state index is 12.6. The average molecular weight is 411 g/mol. The molecule has 150 valence electrons. The van der Waals surface area contributed by atoms with E-state index in [2.05, 4.69) is 10.3 Å². The molecule has 1 unspecified atom stereocenters. The molecule has 0 aliphatic heterocycles. The van der Waals surface area contributed by atoms with Crippen molar-refractivity contribution in [3.05, 3.63) is 52.0 Å². The predicted molar refractivity (Wildman–Crippen MR) is 113 cm³/mol. The second kappa shape index (κ2) is 8.00. The van der Waals surface area contributed by atoms with E-state index in [9.17, 15) is 14.4 Å². The number of aryl methyl sites for hydroxylation is 2. The van der Waals surface area contributed by atoms with Crippen molar-refractivity contribution in [2.24, 2.45) is 0 Å². The molecule has 0 fully saturated rings. The number of pyridine rings is 1. The number of nitrogen functional groups attached to an aromatic ring is 1. The number of aromatic nitrogens is 1. The monoisotopic (exact) mass is 411 g/mol. The maximum Gasteiger partial charge on any atom is 0.351 e. The quantitative estimate of drug-likeness (QED) is 0.487. The Morgan fingerprint density at radius 2 is 1.93 bits per heavy atom. The van der Waals surface area contributed by atoms with Gasteiger partial charge in [-0.05, 0) is 51.5 Å². The summed E-state index contributed by atoms with van der Waals surface area (Å²) in [5.41, 5.74) is 9.14. The van der Waals surface area contributed by atoms with Crippen molar-refractivity contribution >= 4 is 50.6 Å². The molecule has 7 nitrogen and oxygen atoms in total. The molecule has 0 aliphatic rings. The van der Waals surface area contributed by atoms with Crippen molar-refractivity contribution in [2.45, 2.75) is 33.8 Å². The van der Waals surface area contributed by atoms with E-state index in [1.807, 2.05) is 19.9 Å². The van der Waals surface area contributed by atoms with Gasteiger partial charge >= 0.3 is 5.97 Å². The fourth-order valence-corrected chi connectivity index (χ4v) is 4.05. The zero-order chi connectivity index (χ0) is 21.3. The molecular formula is C21H21N3O4S. The van der Waals surface area contributed by atoms with Gasteiger partial charge in [-0.3, -0.25) is 9.59 Å². The van der Waals surface area contributed by atoms with Crippen molar-refractivity contribution < 1.29 is 19.1 Å². The summed E-state index contributed by atoms with van der Waals surface area (Å²) in [5.74, 6) is -1.30. The summed E-state index contributed by atoms with van der Waals surface area (Å²) in [6.07, 6.45) is -1.05. The lowest BCUT2D eigenvalue weighted by molar-refractivity contribution is -0.123. The number of rotatable bonds is 5. The Morgan fingerprint density at radius 1 is 1.21 bits per heavy atom. The first-order valence-electron chi connectivity index (χ1n) is 8.96. The Labute approximate surface area is 171 Å². The van der Waals surface area contributed by atoms with Gasteiger partial charge in [-0.25, -0.2) is 9.78 Å². The maximum absolute atomic E-state index is 12.6. The number of Topliss-reactive ketones (excluding diaryl/α,β-unsaturated/α-hetero) is 1. The van der Waals surface area contributed by atoms with Crippen LogP contribution in [-0.4, -0.2) is 28.7 Å². The topological polar surface area (TPSA) is 111 Å². The highest BCUT2D eigenvalue weighted by molar-refractivity contribution is 7.21. The summed E-state index contributed by atoms with van der Waals surface area (Å²) in [5, 5.41) is 3.37. The van der Waals surface area contributed by atoms with Gasteiger partial charge in [0.25, 0.3) is 5.91 Å². The lowest BCUT2D eigenvalue weighted by Crippen LogP contribution is -2.30. The van der Waals surface area contributed by atoms with Crippen molar-refractivity contribution in [3.8, 4) is 0 Å². The fourth-order valence-electron chi connectivity index (χ4n) is 2.95. The molecule has 2 heterocycles. The molecule has 8 heteroatoms. The third kappa shape index (κ3) is 4.27. The highest BCUT2D eigenvalue weighted by atomic mass is 32.1. The standard InChI is InChI=1S/C21H21N3O4S/c1-10-8-11(2)23-20-16(10)17(22)18(29-20)21(27)28-13(4)19(26)24-15-7-5-6-14(9-15)12(3)25/h5-9,13H,22H2,1-4H3,(H,24,26). The van der Waals surface area contributed by atoms with Crippen molar-refractivity contribution in [2.75, 3.05) is 11.1 Å². The van der Waals surface area contributed by atoms with E-state index in [4.69, 9.17) is 10.5 Å². The Kier molecular flexibility index (Phi) is 5.65. The van der Waals surface area contributed by atoms with Crippen molar-refractivity contribution in [3.63, 3.8) is 0 Å². The third-order valence-electron chi connectivity index (χ3n) is 4.40. The molecule has 0 radical (unpaired) electrons. The second-order valence-corrected chi connectivity index (χ2v) is 7.78. The van der Waals surface area contributed by atoms with Crippen LogP contribution in [-0.2, 0) is 9.53 Å². The van der Waals surface area contributed by atoms with Crippen LogP contribution in [0.1, 0.15) is 45.1 Å². The van der Waals surface area contributed by atoms with Crippen molar-refractivity contribution in [1.29, 1.82) is 0 Å². The average Bonchev–Trinajstić information content (AvgIpc) is 2.98. The molecular weight excluding hydrogens is 390 g/mol. The zero-order valence-electron chi connectivity index (χ0n) is 16.5. The summed E-state index contributed by atoms with van der Waals surface area (Å²) in [7, 11) is 0. The number of carbonyl (C=O) groups excluding carboxylic acids is 3. The highest BCUT2D eigenvalue weighted by Crippen LogP contribution is 2.35. The number of amides is 1. The van der Waals surface area contributed by atoms with Crippen LogP contribution in [0.2, 0.25) is 0 Å². The first kappa shape index (κ1) is 20.5. The molecule has 3 aromatic rings. The number of hydrogen-bond acceptors (Lipinski definition) is 7. The van der Waals surface area contributed by atoms with Gasteiger partial charge in [0.15, 0.2) is 11.9 Å². The van der Waals surface area contributed by atoms with Crippen LogP contribution in [0.15, 0.2) is 30.3 Å². The molecule has 0 saturated carbocycles. The number of nitrogens with one attached hydrogen (secondary N) is 1. The first-order valence-corrected chi connectivity index (χ1v) is 9.78. The van der Waals surface area contributed by atoms with E-state index in [0.29, 0.717) is 21.8 Å². The lowest BCUT2D eigenvalue weighted by Gasteiger charge is -2.13. The van der Waals surface area contributed by atoms with Gasteiger partial charge in [0, 0.05) is 22.3 Å². The molecule has 1 aromatic carbocycles. The van der Waals surface area contributed by atoms with Gasteiger partial charge in [-0.2, -0.15) is 0 Å². The van der Waals surface area contributed by atoms with E-state index in [-0.39, 0.29) is 10.7 Å². The minimum Gasteiger partial charge on any atom is -0.448 e. The number of benzene rings is 1. The van der Waals surface area contributed by atoms with Crippen LogP contribution in [0.5, 0.6) is 0 Å². The number of ether oxygens (including phenoxy) is 1. The number of fused-ring (bicyclic) bond motifs is 1. The first-order chi connectivity index (χ1) is 13.7. The number of carbonyl (C=O) groups is 3. The molecule has 0 spiro atoms. The smallest absolute Gasteiger partial charge is 0.351 e. The van der Waals surface area contributed by atoms with Gasteiger partial charge < -0.3 is 15.8 Å². The Morgan fingerprint density at radius 3 is 2.62 bits per heavy atom. The van der Waals surface area contributed by atoms with Crippen LogP contribution in [0.25, 0.3) is 10.2 Å². The number of esters is 1. The Balaban J connectivity index is 1.75. The predicted octanol–water partition coefficient (Wildman–Crippen LogP) is 3.88. The largest absolute Gasteiger partial charge is 0.448 e. The molecule has 29 heavy (non-hydrogen) atoms. The molecule has 3 N–H and O–H groups in total. The van der Waals surface area contributed by atoms with Gasteiger partial charge in [0.1, 0.15) is 9.71 Å². The number of nitrogens with zero attached hydrogens (tertiary/aromatic N) is 1. The molecule has 0 bridgehead atoms. The summed E-state index contributed by atoms with van der Waals surface area (Å²) in [6, 6.07) is 8.43. The molecule has 3 rings (SSSR count). The minimum atomic E-state index is -1.05. The second-order valence-electron chi connectivity index (χ2n) is 6.78. The van der Waals surface area contributed by atoms with Crippen LogP contribution in [0.4, 0.5) is 11.4 Å². The van der Waals surface area contributed by atoms with Crippen LogP contribution >= 0.6 is 11.3 Å². The third-order valence-corrected chi connectivity index (χ3v) is 5.48. The van der Waals surface area contributed by atoms with E-state index < -0.39 is 18.0 Å². The fraction of sp³-hybridized carbons (Fsp3) is 0.238. The van der Waals surface area contributed by atoms with Crippen LogP contribution < -0.4 is 11.1 Å². The number of ketones is 1. The normalized spacial score (nSPS) is 11.9. The van der Waals surface area contributed by atoms with Gasteiger partial charge in [0.2, 0.25) is 0 Å². The van der Waals surface area contributed by atoms with Gasteiger partial charge in [0.05, 0.1) is 5.69 Å². The minimum absolute atomic E-state index is 0.111. The van der Waals surface area contributed by atoms with Crippen molar-refractivity contribution in [1.82, 2.24) is 4.98 Å². The van der Waals surface area contributed by atoms with Crippen LogP contribution in [0, 0.1) is 13.8 Å². The molecule has 0 saturated heterocycles. The molecule has 1 atom stereocenters. The highest BCUT2D eigenvalue weighted by Gasteiger charge is 2.24. The number of hydrogen-bond donors (Lipinski definition) is 2. The summed E-state index contributed by atoms with van der Waals surface area (Å²) in [6.45, 7) is 6.69. The van der Waals surface area contributed by atoms with Gasteiger partial charge in [-0.15, -0.1) is 11.3 Å². The number of nitrogens with two attached hydrogens (primary N) is 1.